The molecule has 0 spiro atoms. The number of cyclic esters (lactones) is 2. The molecule has 6 aliphatic heterocycles. The summed E-state index contributed by atoms with van der Waals surface area (Å²) in [6.45, 7) is 10.3. The predicted octanol–water partition coefficient (Wildman–Crippen LogP) is 23.9. The molecule has 10 heterocycles. The van der Waals surface area contributed by atoms with Crippen molar-refractivity contribution in [2.24, 2.45) is 0 Å². The molecule has 5 unspecified atom stereocenters. The van der Waals surface area contributed by atoms with E-state index >= 15 is 0 Å². The summed E-state index contributed by atoms with van der Waals surface area (Å²) in [7, 11) is 3.32. The van der Waals surface area contributed by atoms with Crippen LogP contribution in [0.5, 0.6) is 23.0 Å². The van der Waals surface area contributed by atoms with Gasteiger partial charge in [0.05, 0.1) is 26.4 Å². The summed E-state index contributed by atoms with van der Waals surface area (Å²) in [5.41, 5.74) is 18.5. The topological polar surface area (TPSA) is 307 Å². The van der Waals surface area contributed by atoms with Crippen LogP contribution in [0.1, 0.15) is 124 Å². The molecule has 5 amide bonds. The zero-order chi connectivity index (χ0) is 99.0. The Balaban J connectivity index is 0.000000131. The van der Waals surface area contributed by atoms with Gasteiger partial charge in [0, 0.05) is 174 Å². The number of carbonyl (C=O) groups excluding carboxylic acids is 6. The number of nitrogens with one attached hydrogen (secondary N) is 6. The summed E-state index contributed by atoms with van der Waals surface area (Å²) in [5.74, 6) is 2.16. The average Bonchev–Trinajstić information content (AvgIpc) is 1.60. The molecular weight excluding hydrogens is 1990 g/mol. The summed E-state index contributed by atoms with van der Waals surface area (Å²) in [6, 6.07) is 67.5. The van der Waals surface area contributed by atoms with E-state index in [4.69, 9.17) is 110 Å². The highest BCUT2D eigenvalue weighted by Gasteiger charge is 2.42. The van der Waals surface area contributed by atoms with Gasteiger partial charge in [-0.1, -0.05) is 135 Å². The van der Waals surface area contributed by atoms with E-state index < -0.39 is 49.3 Å². The number of carbonyl (C=O) groups is 6. The number of amides is 5. The lowest BCUT2D eigenvalue weighted by Crippen LogP contribution is -2.42. The molecular formula is C107H106BrCl5FN11O17. The molecule has 6 aliphatic rings. The number of H-pyrrole nitrogens is 4. The van der Waals surface area contributed by atoms with Crippen molar-refractivity contribution in [2.45, 2.75) is 95.2 Å². The highest BCUT2D eigenvalue weighted by atomic mass is 79.9. The van der Waals surface area contributed by atoms with Crippen molar-refractivity contribution >= 4 is 160 Å². The summed E-state index contributed by atoms with van der Waals surface area (Å²) >= 11 is 34.5. The fraction of sp³-hybridized carbons (Fsp3) is 0.308. The van der Waals surface area contributed by atoms with Crippen LogP contribution in [0.4, 0.5) is 38.8 Å². The fourth-order valence-corrected chi connectivity index (χ4v) is 20.1. The SMILES string of the molecule is CCOC(=O)N1CCC(Nc2ccc(C3c4[nH]c5ccc(Cl)cc5c4CCN3C(=O)Oc3ccc(Cl)cc3)cc2)CC1.CCOC(=O)N1CCc2c([nH]c3ccc(Br)cc23)C1c1ccc(CNCCOC)cc1.COCCOc1ccc(C2c3[nH]c4ccc(Cl)cc4c3CCN2C(=O)OCCF)cc1.O=C1OCC(COc2ccc(C3c4[nH]c5ccc(Cl)cc5c4CCN3C(=O)Oc3ccc(Cl)cc3)cc2)O1. The number of rotatable bonds is 24. The fourth-order valence-electron chi connectivity index (χ4n) is 19.0. The van der Waals surface area contributed by atoms with Crippen molar-refractivity contribution < 1.29 is 85.3 Å². The van der Waals surface area contributed by atoms with Crippen LogP contribution in [0.3, 0.4) is 0 Å². The van der Waals surface area contributed by atoms with Crippen molar-refractivity contribution in [3.8, 4) is 23.0 Å². The first-order valence-electron chi connectivity index (χ1n) is 47.0. The zero-order valence-electron chi connectivity index (χ0n) is 78.3. The Morgan fingerprint density at radius 1 is 0.430 bits per heavy atom. The van der Waals surface area contributed by atoms with Gasteiger partial charge in [0.15, 0.2) is 6.10 Å². The number of ether oxygens (including phenoxy) is 11. The van der Waals surface area contributed by atoms with Crippen molar-refractivity contribution in [2.75, 3.05) is 125 Å². The smallest absolute Gasteiger partial charge is 0.491 e. The number of benzene rings is 10. The van der Waals surface area contributed by atoms with E-state index in [0.717, 1.165) is 142 Å². The van der Waals surface area contributed by atoms with Crippen LogP contribution in [0.15, 0.2) is 223 Å². The second kappa shape index (κ2) is 46.9. The number of aromatic amines is 4. The molecule has 0 saturated carbocycles. The number of alkyl halides is 1. The number of aromatic nitrogens is 4. The van der Waals surface area contributed by atoms with Crippen LogP contribution in [0.2, 0.25) is 25.1 Å². The van der Waals surface area contributed by atoms with Gasteiger partial charge < -0.3 is 87.6 Å². The minimum absolute atomic E-state index is 0.164. The highest BCUT2D eigenvalue weighted by molar-refractivity contribution is 9.10. The van der Waals surface area contributed by atoms with E-state index in [-0.39, 0.29) is 50.1 Å². The van der Waals surface area contributed by atoms with Crippen molar-refractivity contribution in [3.05, 3.63) is 321 Å². The lowest BCUT2D eigenvalue weighted by molar-refractivity contribution is 0.0836. The lowest BCUT2D eigenvalue weighted by Gasteiger charge is -2.35. The van der Waals surface area contributed by atoms with Gasteiger partial charge in [0.1, 0.15) is 80.3 Å². The van der Waals surface area contributed by atoms with E-state index in [2.05, 4.69) is 95.0 Å². The molecule has 0 radical (unpaired) electrons. The van der Waals surface area contributed by atoms with Crippen molar-refractivity contribution in [3.63, 3.8) is 0 Å². The van der Waals surface area contributed by atoms with Gasteiger partial charge in [-0.3, -0.25) is 19.6 Å². The standard InChI is InChI=1S/C32H32Cl2N4O4.C28H22Cl2N2O6.C24H28BrN3O3.C23H24ClFN2O4/c1-2-41-31(39)37-16-13-24(14-17-37)35-23-8-3-20(4-9-23)30-29-26(27-19-22(34)7-12-28(27)36-29)15-18-38(30)32(40)42-25-10-5-21(33)6-11-25;29-17-3-8-20(9-4-17)37-27(33)32-12-11-22-23-13-18(30)5-10-24(23)31-25(22)26(32)16-1-6-19(7-2-16)35-14-21-15-36-28(34)38-21;1-3-31-24(29)28-12-10-19-20-14-18(25)8-9-21(20)27-22(19)23(28)17-6-4-16(5-7-17)15-26-11-13-30-2;1-29-12-13-30-17-5-2-15(3-6-17)22-21-18(8-10-27(22)23(28)31-11-9-25)19-14-16(24)4-7-20(19)26-21/h3-12,19,24,30,35-36H,2,13-18H2,1H3;1-10,13,21,26,31H,11-12,14-15H2;4-9,14,23,26-27H,3,10-13,15H2,1-2H3;2-7,14,22,26H,8-13H2,1H3. The van der Waals surface area contributed by atoms with Crippen LogP contribution < -0.4 is 29.6 Å². The number of likely N-dealkylation sites (tertiary alicyclic amines) is 1. The Labute approximate surface area is 852 Å². The number of piperidine rings is 1. The van der Waals surface area contributed by atoms with Gasteiger partial charge >= 0.3 is 36.6 Å². The molecule has 2 fully saturated rings. The Bertz CT molecular complexity index is 6790. The molecule has 2 saturated heterocycles. The maximum absolute atomic E-state index is 13.5. The normalized spacial score (nSPS) is 16.9. The number of hydrogen-bond donors (Lipinski definition) is 6. The molecule has 5 atom stereocenters. The number of halogens is 7. The minimum Gasteiger partial charge on any atom is -0.491 e. The first-order valence-corrected chi connectivity index (χ1v) is 49.7. The summed E-state index contributed by atoms with van der Waals surface area (Å²) < 4.78 is 72.1. The van der Waals surface area contributed by atoms with Gasteiger partial charge in [0.2, 0.25) is 0 Å². The van der Waals surface area contributed by atoms with Gasteiger partial charge in [-0.05, 0) is 260 Å². The molecule has 28 nitrogen and oxygen atoms in total. The second-order valence-corrected chi connectivity index (χ2v) is 37.7. The molecule has 0 aliphatic carbocycles. The maximum Gasteiger partial charge on any atom is 0.508 e. The average molecular weight is 2090 g/mol. The predicted molar refractivity (Wildman–Crippen MR) is 548 cm³/mol. The maximum atomic E-state index is 13.5. The minimum atomic E-state index is -0.714. The summed E-state index contributed by atoms with van der Waals surface area (Å²) in [4.78, 5) is 98.5. The van der Waals surface area contributed by atoms with E-state index in [9.17, 15) is 33.2 Å². The van der Waals surface area contributed by atoms with Gasteiger partial charge in [-0.15, -0.1) is 0 Å². The number of fused-ring (bicyclic) bond motifs is 12. The Morgan fingerprint density at radius 3 is 1.24 bits per heavy atom. The Hall–Kier alpha value is -12.9. The molecule has 0 bridgehead atoms. The number of anilines is 1. The van der Waals surface area contributed by atoms with E-state index in [1.165, 1.54) is 16.5 Å². The monoisotopic (exact) mass is 2090 g/mol. The molecule has 142 heavy (non-hydrogen) atoms. The molecule has 6 N–H and O–H groups in total. The molecule has 10 aromatic carbocycles. The van der Waals surface area contributed by atoms with Gasteiger partial charge in [-0.25, -0.2) is 33.2 Å². The summed E-state index contributed by atoms with van der Waals surface area (Å²) in [5, 5.41) is 14.4. The summed E-state index contributed by atoms with van der Waals surface area (Å²) in [6.07, 6.45) is 1.35. The molecule has 4 aromatic heterocycles. The van der Waals surface area contributed by atoms with Gasteiger partial charge in [0.25, 0.3) is 0 Å². The third-order valence-electron chi connectivity index (χ3n) is 25.7. The quantitative estimate of drug-likeness (QED) is 0.0186. The first kappa shape index (κ1) is 101. The van der Waals surface area contributed by atoms with E-state index in [1.54, 1.807) is 82.4 Å². The molecule has 35 heteroatoms. The van der Waals surface area contributed by atoms with Crippen molar-refractivity contribution in [1.29, 1.82) is 0 Å². The highest BCUT2D eigenvalue weighted by Crippen LogP contribution is 2.46. The number of methoxy groups -OCH3 is 2. The Morgan fingerprint density at radius 2 is 0.817 bits per heavy atom. The second-order valence-electron chi connectivity index (χ2n) is 34.6. The van der Waals surface area contributed by atoms with Crippen LogP contribution >= 0.6 is 73.9 Å². The van der Waals surface area contributed by atoms with Crippen molar-refractivity contribution in [1.82, 2.24) is 49.8 Å². The largest absolute Gasteiger partial charge is 0.508 e. The van der Waals surface area contributed by atoms with Crippen LogP contribution in [-0.4, -0.2) is 213 Å². The third-order valence-corrected chi connectivity index (χ3v) is 27.4. The van der Waals surface area contributed by atoms with Crippen LogP contribution in [-0.2, 0) is 65.4 Å². The van der Waals surface area contributed by atoms with Gasteiger partial charge in [-0.2, -0.15) is 0 Å². The molecule has 20 rings (SSSR count). The zero-order valence-corrected chi connectivity index (χ0v) is 83.7. The Kier molecular flexibility index (Phi) is 33.2. The van der Waals surface area contributed by atoms with Crippen LogP contribution in [0, 0.1) is 0 Å². The van der Waals surface area contributed by atoms with E-state index in [0.29, 0.717) is 140 Å². The first-order chi connectivity index (χ1) is 69.1. The molecule has 740 valence electrons. The number of hydrogen-bond acceptors (Lipinski definition) is 19. The number of nitrogens with zero attached hydrogens (tertiary/aromatic N) is 5. The van der Waals surface area contributed by atoms with Crippen LogP contribution in [0.25, 0.3) is 43.6 Å². The third kappa shape index (κ3) is 23.7. The molecule has 14 aromatic rings. The van der Waals surface area contributed by atoms with E-state index in [1.807, 2.05) is 140 Å². The lowest BCUT2D eigenvalue weighted by atomic mass is 9.92.